The maximum atomic E-state index is 11.1. The quantitative estimate of drug-likeness (QED) is 0.538. The lowest BCUT2D eigenvalue weighted by atomic mass is 10.4. The molecule has 0 heterocycles. The van der Waals surface area contributed by atoms with Crippen molar-refractivity contribution in [1.82, 2.24) is 0 Å². The van der Waals surface area contributed by atoms with E-state index < -0.39 is 19.0 Å². The summed E-state index contributed by atoms with van der Waals surface area (Å²) in [4.78, 5) is 10.1. The van der Waals surface area contributed by atoms with Gasteiger partial charge in [0.05, 0.1) is 0 Å². The third-order valence-electron chi connectivity index (χ3n) is 0.579. The van der Waals surface area contributed by atoms with Gasteiger partial charge in [0.2, 0.25) is 0 Å². The third-order valence-corrected chi connectivity index (χ3v) is 0.579. The Morgan fingerprint density at radius 2 is 2.33 bits per heavy atom. The van der Waals surface area contributed by atoms with Crippen LogP contribution in [0, 0.1) is 0 Å². The molecule has 0 aromatic heterocycles. The monoisotopic (exact) mass is 136 g/mol. The molecule has 0 aromatic rings. The highest BCUT2D eigenvalue weighted by molar-refractivity contribution is 5.90. The molecule has 0 aliphatic heterocycles. The highest BCUT2D eigenvalue weighted by Gasteiger charge is 2.02. The molecule has 4 heteroatoms. The fraction of sp³-hybridized carbons (Fsp3) is 0.400. The van der Waals surface area contributed by atoms with Gasteiger partial charge in [0.15, 0.2) is 5.78 Å². The molecule has 0 bridgehead atoms. The van der Waals surface area contributed by atoms with Gasteiger partial charge in [0.1, 0.15) is 6.61 Å². The Bertz CT molecular complexity index is 112. The van der Waals surface area contributed by atoms with Gasteiger partial charge >= 0.3 is 6.61 Å². The van der Waals surface area contributed by atoms with Crippen LogP contribution in [0.15, 0.2) is 12.7 Å². The number of rotatable bonds is 4. The normalized spacial score (nSPS) is 9.67. The lowest BCUT2D eigenvalue weighted by Gasteiger charge is -1.96. The number of halogens is 2. The van der Waals surface area contributed by atoms with Crippen molar-refractivity contribution in [3.8, 4) is 0 Å². The molecule has 0 spiro atoms. The molecule has 52 valence electrons. The minimum absolute atomic E-state index is 0.546. The highest BCUT2D eigenvalue weighted by atomic mass is 19.3. The van der Waals surface area contributed by atoms with E-state index in [4.69, 9.17) is 0 Å². The summed E-state index contributed by atoms with van der Waals surface area (Å²) in [6.45, 7) is -0.413. The number of ketones is 1. The van der Waals surface area contributed by atoms with Gasteiger partial charge in [0.25, 0.3) is 0 Å². The zero-order chi connectivity index (χ0) is 7.28. The van der Waals surface area contributed by atoms with E-state index in [1.807, 2.05) is 0 Å². The Balaban J connectivity index is 3.27. The van der Waals surface area contributed by atoms with Gasteiger partial charge in [-0.05, 0) is 6.08 Å². The molecular formula is C5H6F2O2. The van der Waals surface area contributed by atoms with Crippen LogP contribution in [-0.2, 0) is 9.53 Å². The van der Waals surface area contributed by atoms with Gasteiger partial charge in [-0.2, -0.15) is 8.78 Å². The van der Waals surface area contributed by atoms with Gasteiger partial charge in [-0.1, -0.05) is 6.58 Å². The fourth-order valence-corrected chi connectivity index (χ4v) is 0.204. The van der Waals surface area contributed by atoms with Crippen molar-refractivity contribution in [2.75, 3.05) is 6.61 Å². The smallest absolute Gasteiger partial charge is 0.315 e. The Morgan fingerprint density at radius 3 is 2.67 bits per heavy atom. The molecule has 0 N–H and O–H groups in total. The van der Waals surface area contributed by atoms with Crippen LogP contribution < -0.4 is 0 Å². The summed E-state index contributed by atoms with van der Waals surface area (Å²) in [5.41, 5.74) is 0. The first kappa shape index (κ1) is 8.23. The number of carbonyl (C=O) groups is 1. The second-order valence-electron chi connectivity index (χ2n) is 1.24. The average Bonchev–Trinajstić information content (AvgIpc) is 1.83. The highest BCUT2D eigenvalue weighted by Crippen LogP contribution is 1.93. The largest absolute Gasteiger partial charge is 0.345 e. The Labute approximate surface area is 51.1 Å². The topological polar surface area (TPSA) is 26.3 Å². The Morgan fingerprint density at radius 1 is 1.78 bits per heavy atom. The van der Waals surface area contributed by atoms with Crippen molar-refractivity contribution in [2.45, 2.75) is 6.61 Å². The van der Waals surface area contributed by atoms with Crippen molar-refractivity contribution in [3.05, 3.63) is 12.7 Å². The van der Waals surface area contributed by atoms with E-state index in [0.717, 1.165) is 6.08 Å². The first-order chi connectivity index (χ1) is 4.16. The minimum atomic E-state index is -2.88. The van der Waals surface area contributed by atoms with E-state index in [2.05, 4.69) is 11.3 Å². The van der Waals surface area contributed by atoms with Crippen molar-refractivity contribution in [3.63, 3.8) is 0 Å². The summed E-state index contributed by atoms with van der Waals surface area (Å²) in [7, 11) is 0. The van der Waals surface area contributed by atoms with E-state index >= 15 is 0 Å². The van der Waals surface area contributed by atoms with Crippen LogP contribution in [0.4, 0.5) is 8.78 Å². The van der Waals surface area contributed by atoms with Gasteiger partial charge in [0, 0.05) is 0 Å². The molecule has 0 unspecified atom stereocenters. The maximum absolute atomic E-state index is 11.1. The molecule has 0 rings (SSSR count). The zero-order valence-corrected chi connectivity index (χ0v) is 4.64. The van der Waals surface area contributed by atoms with E-state index in [0.29, 0.717) is 0 Å². The maximum Gasteiger partial charge on any atom is 0.345 e. The zero-order valence-electron chi connectivity index (χ0n) is 4.64. The molecule has 0 fully saturated rings. The predicted molar refractivity (Wildman–Crippen MR) is 27.2 cm³/mol. The minimum Gasteiger partial charge on any atom is -0.315 e. The molecule has 0 radical (unpaired) electrons. The van der Waals surface area contributed by atoms with Crippen LogP contribution in [-0.4, -0.2) is 19.0 Å². The first-order valence-corrected chi connectivity index (χ1v) is 2.22. The Kier molecular flexibility index (Phi) is 3.79. The van der Waals surface area contributed by atoms with Crippen LogP contribution in [0.5, 0.6) is 0 Å². The second kappa shape index (κ2) is 4.14. The molecule has 0 saturated heterocycles. The van der Waals surface area contributed by atoms with Crippen LogP contribution in [0.2, 0.25) is 0 Å². The number of hydrogen-bond acceptors (Lipinski definition) is 2. The molecule has 2 nitrogen and oxygen atoms in total. The molecular weight excluding hydrogens is 130 g/mol. The van der Waals surface area contributed by atoms with Gasteiger partial charge in [-0.3, -0.25) is 4.79 Å². The number of alkyl halides is 2. The van der Waals surface area contributed by atoms with Crippen LogP contribution in [0.1, 0.15) is 0 Å². The molecule has 0 atom stereocenters. The van der Waals surface area contributed by atoms with Crippen LogP contribution >= 0.6 is 0 Å². The SMILES string of the molecule is C=CC(=O)COC(F)F. The van der Waals surface area contributed by atoms with Crippen LogP contribution in [0.3, 0.4) is 0 Å². The summed E-state index contributed by atoms with van der Waals surface area (Å²) in [6, 6.07) is 0. The molecule has 0 amide bonds. The summed E-state index contributed by atoms with van der Waals surface area (Å²) < 4.78 is 25.9. The summed E-state index contributed by atoms with van der Waals surface area (Å²) in [5.74, 6) is -0.546. The lowest BCUT2D eigenvalue weighted by molar-refractivity contribution is -0.146. The molecule has 9 heavy (non-hydrogen) atoms. The van der Waals surface area contributed by atoms with E-state index in [9.17, 15) is 13.6 Å². The van der Waals surface area contributed by atoms with Gasteiger partial charge in [-0.15, -0.1) is 0 Å². The molecule has 0 saturated carbocycles. The van der Waals surface area contributed by atoms with Crippen molar-refractivity contribution in [2.24, 2.45) is 0 Å². The van der Waals surface area contributed by atoms with Crippen molar-refractivity contribution < 1.29 is 18.3 Å². The van der Waals surface area contributed by atoms with Crippen LogP contribution in [0.25, 0.3) is 0 Å². The van der Waals surface area contributed by atoms with E-state index in [-0.39, 0.29) is 0 Å². The number of carbonyl (C=O) groups excluding carboxylic acids is 1. The first-order valence-electron chi connectivity index (χ1n) is 2.22. The van der Waals surface area contributed by atoms with Crippen molar-refractivity contribution >= 4 is 5.78 Å². The molecule has 0 aromatic carbocycles. The molecule has 0 aliphatic rings. The number of ether oxygens (including phenoxy) is 1. The average molecular weight is 136 g/mol. The predicted octanol–water partition coefficient (Wildman–Crippen LogP) is 0.981. The van der Waals surface area contributed by atoms with Crippen molar-refractivity contribution in [1.29, 1.82) is 0 Å². The van der Waals surface area contributed by atoms with E-state index in [1.165, 1.54) is 0 Å². The third kappa shape index (κ3) is 5.10. The summed E-state index contributed by atoms with van der Waals surface area (Å²) in [5, 5.41) is 0. The molecule has 0 aliphatic carbocycles. The number of hydrogen-bond donors (Lipinski definition) is 0. The fourth-order valence-electron chi connectivity index (χ4n) is 0.204. The summed E-state index contributed by atoms with van der Waals surface area (Å²) in [6.07, 6.45) is 0.933. The van der Waals surface area contributed by atoms with E-state index in [1.54, 1.807) is 0 Å². The second-order valence-corrected chi connectivity index (χ2v) is 1.24. The van der Waals surface area contributed by atoms with Gasteiger partial charge in [-0.25, -0.2) is 0 Å². The standard InChI is InChI=1S/C5H6F2O2/c1-2-4(8)3-9-5(6)7/h2,5H,1,3H2. The lowest BCUT2D eigenvalue weighted by Crippen LogP contribution is -2.08. The van der Waals surface area contributed by atoms with Gasteiger partial charge < -0.3 is 4.74 Å². The Hall–Kier alpha value is -0.770. The summed E-state index contributed by atoms with van der Waals surface area (Å²) >= 11 is 0.